The first-order valence-electron chi connectivity index (χ1n) is 5.52. The number of rotatable bonds is 5. The fourth-order valence-corrected chi connectivity index (χ4v) is 2.59. The van der Waals surface area contributed by atoms with Crippen molar-refractivity contribution in [3.63, 3.8) is 0 Å². The standard InChI is InChI=1S/C12H16N2OS/c1-9(5-4-8-15)13-12-14-10-6-2-3-7-11(10)16-12/h2-3,6-7,9,15H,4-5,8H2,1H3,(H,13,14). The Balaban J connectivity index is 2.03. The highest BCUT2D eigenvalue weighted by Crippen LogP contribution is 2.26. The average molecular weight is 236 g/mol. The van der Waals surface area contributed by atoms with E-state index in [-0.39, 0.29) is 6.61 Å². The summed E-state index contributed by atoms with van der Waals surface area (Å²) in [6.07, 6.45) is 1.80. The predicted molar refractivity (Wildman–Crippen MR) is 69.0 cm³/mol. The van der Waals surface area contributed by atoms with E-state index in [2.05, 4.69) is 23.3 Å². The summed E-state index contributed by atoms with van der Waals surface area (Å²) in [4.78, 5) is 4.51. The average Bonchev–Trinajstić information content (AvgIpc) is 2.68. The van der Waals surface area contributed by atoms with E-state index in [4.69, 9.17) is 5.11 Å². The highest BCUT2D eigenvalue weighted by molar-refractivity contribution is 7.22. The van der Waals surface area contributed by atoms with Gasteiger partial charge in [-0.05, 0) is 31.9 Å². The van der Waals surface area contributed by atoms with E-state index in [9.17, 15) is 0 Å². The topological polar surface area (TPSA) is 45.1 Å². The maximum absolute atomic E-state index is 8.75. The molecular weight excluding hydrogens is 220 g/mol. The predicted octanol–water partition coefficient (Wildman–Crippen LogP) is 2.87. The highest BCUT2D eigenvalue weighted by Gasteiger charge is 2.06. The molecule has 0 aliphatic carbocycles. The second-order valence-electron chi connectivity index (χ2n) is 3.90. The van der Waals surface area contributed by atoms with Crippen molar-refractivity contribution < 1.29 is 5.11 Å². The van der Waals surface area contributed by atoms with Crippen LogP contribution in [-0.4, -0.2) is 22.7 Å². The van der Waals surface area contributed by atoms with E-state index >= 15 is 0 Å². The normalized spacial score (nSPS) is 12.9. The second-order valence-corrected chi connectivity index (χ2v) is 4.93. The minimum absolute atomic E-state index is 0.256. The molecule has 1 aromatic heterocycles. The van der Waals surface area contributed by atoms with Gasteiger partial charge in [-0.15, -0.1) is 0 Å². The molecular formula is C12H16N2OS. The largest absolute Gasteiger partial charge is 0.396 e. The summed E-state index contributed by atoms with van der Waals surface area (Å²) < 4.78 is 1.21. The first-order valence-corrected chi connectivity index (χ1v) is 6.34. The molecule has 0 spiro atoms. The Hall–Kier alpha value is -1.13. The van der Waals surface area contributed by atoms with Crippen LogP contribution in [0, 0.1) is 0 Å². The Morgan fingerprint density at radius 2 is 2.25 bits per heavy atom. The molecule has 0 saturated heterocycles. The van der Waals surface area contributed by atoms with Gasteiger partial charge in [0.15, 0.2) is 5.13 Å². The van der Waals surface area contributed by atoms with E-state index in [1.165, 1.54) is 4.70 Å². The number of para-hydroxylation sites is 1. The number of thiazole rings is 1. The minimum Gasteiger partial charge on any atom is -0.396 e. The molecule has 0 amide bonds. The van der Waals surface area contributed by atoms with Crippen LogP contribution in [0.25, 0.3) is 10.2 Å². The lowest BCUT2D eigenvalue weighted by atomic mass is 10.2. The monoisotopic (exact) mass is 236 g/mol. The molecule has 0 bridgehead atoms. The third-order valence-corrected chi connectivity index (χ3v) is 3.43. The zero-order valence-corrected chi connectivity index (χ0v) is 10.1. The van der Waals surface area contributed by atoms with Crippen LogP contribution < -0.4 is 5.32 Å². The van der Waals surface area contributed by atoms with Crippen molar-refractivity contribution in [2.24, 2.45) is 0 Å². The van der Waals surface area contributed by atoms with Gasteiger partial charge in [-0.2, -0.15) is 0 Å². The van der Waals surface area contributed by atoms with Gasteiger partial charge in [-0.3, -0.25) is 0 Å². The summed E-state index contributed by atoms with van der Waals surface area (Å²) in [5, 5.41) is 13.1. The number of fused-ring (bicyclic) bond motifs is 1. The van der Waals surface area contributed by atoms with Crippen LogP contribution in [0.15, 0.2) is 24.3 Å². The maximum atomic E-state index is 8.75. The molecule has 4 heteroatoms. The Labute approximate surface area is 99.1 Å². The van der Waals surface area contributed by atoms with E-state index in [0.29, 0.717) is 6.04 Å². The van der Waals surface area contributed by atoms with Crippen LogP contribution in [-0.2, 0) is 0 Å². The minimum atomic E-state index is 0.256. The van der Waals surface area contributed by atoms with Crippen molar-refractivity contribution in [2.45, 2.75) is 25.8 Å². The zero-order valence-electron chi connectivity index (χ0n) is 9.31. The molecule has 1 atom stereocenters. The number of aliphatic hydroxyl groups excluding tert-OH is 1. The fourth-order valence-electron chi connectivity index (χ4n) is 1.61. The van der Waals surface area contributed by atoms with Crippen LogP contribution in [0.5, 0.6) is 0 Å². The van der Waals surface area contributed by atoms with E-state index < -0.39 is 0 Å². The SMILES string of the molecule is CC(CCCO)Nc1nc2ccccc2s1. The summed E-state index contributed by atoms with van der Waals surface area (Å²) in [7, 11) is 0. The summed E-state index contributed by atoms with van der Waals surface area (Å²) >= 11 is 1.67. The molecule has 16 heavy (non-hydrogen) atoms. The number of benzene rings is 1. The molecule has 1 unspecified atom stereocenters. The quantitative estimate of drug-likeness (QED) is 0.839. The summed E-state index contributed by atoms with van der Waals surface area (Å²) in [6, 6.07) is 8.49. The molecule has 2 aromatic rings. The Bertz CT molecular complexity index is 422. The lowest BCUT2D eigenvalue weighted by Crippen LogP contribution is -2.15. The smallest absolute Gasteiger partial charge is 0.183 e. The van der Waals surface area contributed by atoms with Gasteiger partial charge in [0.2, 0.25) is 0 Å². The van der Waals surface area contributed by atoms with Crippen LogP contribution in [0.2, 0.25) is 0 Å². The molecule has 1 aromatic carbocycles. The van der Waals surface area contributed by atoms with Crippen LogP contribution in [0.1, 0.15) is 19.8 Å². The van der Waals surface area contributed by atoms with Crippen LogP contribution >= 0.6 is 11.3 Å². The molecule has 0 fully saturated rings. The van der Waals surface area contributed by atoms with Gasteiger partial charge in [-0.25, -0.2) is 4.98 Å². The van der Waals surface area contributed by atoms with Gasteiger partial charge in [-0.1, -0.05) is 23.5 Å². The lowest BCUT2D eigenvalue weighted by Gasteiger charge is -2.11. The number of nitrogens with zero attached hydrogens (tertiary/aromatic N) is 1. The molecule has 86 valence electrons. The van der Waals surface area contributed by atoms with Crippen LogP contribution in [0.3, 0.4) is 0 Å². The number of hydrogen-bond donors (Lipinski definition) is 2. The second kappa shape index (κ2) is 5.27. The van der Waals surface area contributed by atoms with Crippen molar-refractivity contribution in [2.75, 3.05) is 11.9 Å². The molecule has 0 aliphatic heterocycles. The highest BCUT2D eigenvalue weighted by atomic mass is 32.1. The fraction of sp³-hybridized carbons (Fsp3) is 0.417. The number of aliphatic hydroxyl groups is 1. The summed E-state index contributed by atoms with van der Waals surface area (Å²) in [6.45, 7) is 2.37. The van der Waals surface area contributed by atoms with Crippen molar-refractivity contribution in [1.82, 2.24) is 4.98 Å². The van der Waals surface area contributed by atoms with Crippen molar-refractivity contribution in [3.05, 3.63) is 24.3 Å². The van der Waals surface area contributed by atoms with Gasteiger partial charge in [0, 0.05) is 12.6 Å². The number of nitrogens with one attached hydrogen (secondary N) is 1. The number of anilines is 1. The Morgan fingerprint density at radius 1 is 1.44 bits per heavy atom. The molecule has 0 radical (unpaired) electrons. The molecule has 2 N–H and O–H groups in total. The molecule has 3 nitrogen and oxygen atoms in total. The van der Waals surface area contributed by atoms with E-state index in [1.807, 2.05) is 18.2 Å². The third-order valence-electron chi connectivity index (χ3n) is 2.46. The maximum Gasteiger partial charge on any atom is 0.183 e. The van der Waals surface area contributed by atoms with E-state index in [0.717, 1.165) is 23.5 Å². The van der Waals surface area contributed by atoms with Gasteiger partial charge in [0.25, 0.3) is 0 Å². The first kappa shape index (κ1) is 11.4. The first-order chi connectivity index (χ1) is 7.79. The van der Waals surface area contributed by atoms with Gasteiger partial charge >= 0.3 is 0 Å². The molecule has 0 saturated carbocycles. The van der Waals surface area contributed by atoms with Gasteiger partial charge in [0.1, 0.15) is 0 Å². The Kier molecular flexibility index (Phi) is 3.74. The van der Waals surface area contributed by atoms with Crippen molar-refractivity contribution in [1.29, 1.82) is 0 Å². The summed E-state index contributed by atoms with van der Waals surface area (Å²) in [5.41, 5.74) is 1.05. The zero-order chi connectivity index (χ0) is 11.4. The molecule has 1 heterocycles. The Morgan fingerprint density at radius 3 is 3.00 bits per heavy atom. The van der Waals surface area contributed by atoms with Crippen molar-refractivity contribution >= 4 is 26.7 Å². The van der Waals surface area contributed by atoms with Gasteiger partial charge < -0.3 is 10.4 Å². The van der Waals surface area contributed by atoms with E-state index in [1.54, 1.807) is 11.3 Å². The number of aromatic nitrogens is 1. The summed E-state index contributed by atoms with van der Waals surface area (Å²) in [5.74, 6) is 0. The van der Waals surface area contributed by atoms with Crippen molar-refractivity contribution in [3.8, 4) is 0 Å². The molecule has 2 rings (SSSR count). The third kappa shape index (κ3) is 2.71. The molecule has 0 aliphatic rings. The van der Waals surface area contributed by atoms with Crippen LogP contribution in [0.4, 0.5) is 5.13 Å². The van der Waals surface area contributed by atoms with Gasteiger partial charge in [0.05, 0.1) is 10.2 Å². The lowest BCUT2D eigenvalue weighted by molar-refractivity contribution is 0.282. The number of hydrogen-bond acceptors (Lipinski definition) is 4.